The first-order chi connectivity index (χ1) is 8.09. The number of rotatable bonds is 2. The van der Waals surface area contributed by atoms with Crippen LogP contribution in [0.4, 0.5) is 13.2 Å². The van der Waals surface area contributed by atoms with E-state index in [0.717, 1.165) is 18.9 Å². The summed E-state index contributed by atoms with van der Waals surface area (Å²) in [5, 5.41) is 0. The molecular weight excluding hydrogens is 231 g/mol. The monoisotopic (exact) mass is 241 g/mol. The van der Waals surface area contributed by atoms with Gasteiger partial charge in [0.05, 0.1) is 0 Å². The summed E-state index contributed by atoms with van der Waals surface area (Å²) in [6, 6.07) is 1.28. The standard InChI is InChI=1S/C12H10F3NO/c13-9-6-11(15)10(14)5-8(9)12(16-7-17)3-1-2-4-12/h5-6H,1-4H2. The van der Waals surface area contributed by atoms with Crippen molar-refractivity contribution in [3.63, 3.8) is 0 Å². The summed E-state index contributed by atoms with van der Waals surface area (Å²) in [7, 11) is 0. The van der Waals surface area contributed by atoms with Crippen LogP contribution < -0.4 is 0 Å². The van der Waals surface area contributed by atoms with Crippen molar-refractivity contribution in [2.45, 2.75) is 31.2 Å². The summed E-state index contributed by atoms with van der Waals surface area (Å²) in [4.78, 5) is 14.0. The van der Waals surface area contributed by atoms with Crippen molar-refractivity contribution in [2.24, 2.45) is 4.99 Å². The molecule has 1 aromatic carbocycles. The van der Waals surface area contributed by atoms with Crippen LogP contribution in [0.3, 0.4) is 0 Å². The maximum Gasteiger partial charge on any atom is 0.235 e. The summed E-state index contributed by atoms with van der Waals surface area (Å²) in [6.45, 7) is 0. The van der Waals surface area contributed by atoms with E-state index in [2.05, 4.69) is 4.99 Å². The van der Waals surface area contributed by atoms with Crippen LogP contribution in [0.1, 0.15) is 31.2 Å². The van der Waals surface area contributed by atoms with Gasteiger partial charge in [-0.25, -0.2) is 18.0 Å². The molecule has 2 nitrogen and oxygen atoms in total. The molecule has 0 aliphatic heterocycles. The van der Waals surface area contributed by atoms with Gasteiger partial charge in [-0.3, -0.25) is 0 Å². The predicted molar refractivity (Wildman–Crippen MR) is 54.6 cm³/mol. The smallest absolute Gasteiger partial charge is 0.211 e. The van der Waals surface area contributed by atoms with Crippen LogP contribution in [0, 0.1) is 17.5 Å². The number of halogens is 3. The van der Waals surface area contributed by atoms with Gasteiger partial charge in [-0.05, 0) is 18.9 Å². The Morgan fingerprint density at radius 1 is 1.06 bits per heavy atom. The minimum Gasteiger partial charge on any atom is -0.211 e. The first-order valence-corrected chi connectivity index (χ1v) is 5.33. The van der Waals surface area contributed by atoms with Crippen molar-refractivity contribution in [2.75, 3.05) is 0 Å². The summed E-state index contributed by atoms with van der Waals surface area (Å²) in [5.41, 5.74) is -1.13. The van der Waals surface area contributed by atoms with Gasteiger partial charge < -0.3 is 0 Å². The molecule has 0 aromatic heterocycles. The molecule has 0 unspecified atom stereocenters. The van der Waals surface area contributed by atoms with E-state index in [-0.39, 0.29) is 5.56 Å². The second-order valence-electron chi connectivity index (χ2n) is 4.19. The molecule has 0 atom stereocenters. The highest BCUT2D eigenvalue weighted by Crippen LogP contribution is 2.43. The Labute approximate surface area is 96.2 Å². The summed E-state index contributed by atoms with van der Waals surface area (Å²) >= 11 is 0. The fraction of sp³-hybridized carbons (Fsp3) is 0.417. The Kier molecular flexibility index (Phi) is 3.03. The third-order valence-corrected chi connectivity index (χ3v) is 3.20. The SMILES string of the molecule is O=C=NC1(c2cc(F)c(F)cc2F)CCCC1. The van der Waals surface area contributed by atoms with E-state index in [1.807, 2.05) is 0 Å². The molecular formula is C12H10F3NO. The zero-order valence-electron chi connectivity index (χ0n) is 8.97. The fourth-order valence-corrected chi connectivity index (χ4v) is 2.37. The van der Waals surface area contributed by atoms with Crippen LogP contribution in [-0.4, -0.2) is 6.08 Å². The summed E-state index contributed by atoms with van der Waals surface area (Å²) in [6.07, 6.45) is 3.83. The number of nitrogens with zero attached hydrogens (tertiary/aromatic N) is 1. The van der Waals surface area contributed by atoms with Crippen molar-refractivity contribution in [3.05, 3.63) is 35.1 Å². The third kappa shape index (κ3) is 1.98. The minimum absolute atomic E-state index is 0.0581. The van der Waals surface area contributed by atoms with Crippen molar-refractivity contribution in [3.8, 4) is 0 Å². The molecule has 2 rings (SSSR count). The normalized spacial score (nSPS) is 17.8. The van der Waals surface area contributed by atoms with E-state index in [4.69, 9.17) is 0 Å². The van der Waals surface area contributed by atoms with E-state index in [1.165, 1.54) is 6.08 Å². The summed E-state index contributed by atoms with van der Waals surface area (Å²) in [5.74, 6) is -3.24. The Balaban J connectivity index is 2.57. The molecule has 0 amide bonds. The van der Waals surface area contributed by atoms with E-state index >= 15 is 0 Å². The van der Waals surface area contributed by atoms with Gasteiger partial charge in [-0.1, -0.05) is 12.8 Å². The minimum atomic E-state index is -1.24. The van der Waals surface area contributed by atoms with Crippen LogP contribution in [0.15, 0.2) is 17.1 Å². The van der Waals surface area contributed by atoms with E-state index in [9.17, 15) is 18.0 Å². The molecule has 0 saturated heterocycles. The number of benzene rings is 1. The van der Waals surface area contributed by atoms with Gasteiger partial charge in [0.15, 0.2) is 11.6 Å². The van der Waals surface area contributed by atoms with Gasteiger partial charge in [0.25, 0.3) is 0 Å². The van der Waals surface area contributed by atoms with Crippen molar-refractivity contribution in [1.29, 1.82) is 0 Å². The number of aliphatic imine (C=N–C) groups is 1. The maximum atomic E-state index is 13.7. The van der Waals surface area contributed by atoms with Crippen LogP contribution in [0.2, 0.25) is 0 Å². The topological polar surface area (TPSA) is 29.4 Å². The van der Waals surface area contributed by atoms with Gasteiger partial charge in [-0.15, -0.1) is 0 Å². The second-order valence-corrected chi connectivity index (χ2v) is 4.19. The van der Waals surface area contributed by atoms with Crippen molar-refractivity contribution < 1.29 is 18.0 Å². The van der Waals surface area contributed by atoms with Gasteiger partial charge >= 0.3 is 0 Å². The molecule has 5 heteroatoms. The predicted octanol–water partition coefficient (Wildman–Crippen LogP) is 3.21. The average molecular weight is 241 g/mol. The zero-order chi connectivity index (χ0) is 12.5. The number of hydrogen-bond donors (Lipinski definition) is 0. The van der Waals surface area contributed by atoms with Crippen LogP contribution >= 0.6 is 0 Å². The molecule has 1 aromatic rings. The second kappa shape index (κ2) is 4.34. The number of hydrogen-bond acceptors (Lipinski definition) is 2. The number of carbonyl (C=O) groups excluding carboxylic acids is 1. The Hall–Kier alpha value is -1.61. The molecule has 1 fully saturated rings. The lowest BCUT2D eigenvalue weighted by Gasteiger charge is -2.23. The average Bonchev–Trinajstić information content (AvgIpc) is 2.73. The van der Waals surface area contributed by atoms with Crippen molar-refractivity contribution in [1.82, 2.24) is 0 Å². The Bertz CT molecular complexity index is 489. The molecule has 0 N–H and O–H groups in total. The first-order valence-electron chi connectivity index (χ1n) is 5.33. The maximum absolute atomic E-state index is 13.7. The van der Waals surface area contributed by atoms with Crippen LogP contribution in [0.25, 0.3) is 0 Å². The largest absolute Gasteiger partial charge is 0.235 e. The zero-order valence-corrected chi connectivity index (χ0v) is 8.97. The van der Waals surface area contributed by atoms with Gasteiger partial charge in [0.2, 0.25) is 6.08 Å². The van der Waals surface area contributed by atoms with Crippen LogP contribution in [0.5, 0.6) is 0 Å². The molecule has 90 valence electrons. The Morgan fingerprint density at radius 2 is 1.65 bits per heavy atom. The number of isocyanates is 1. The van der Waals surface area contributed by atoms with E-state index < -0.39 is 23.0 Å². The lowest BCUT2D eigenvalue weighted by Crippen LogP contribution is -2.21. The lowest BCUT2D eigenvalue weighted by molar-refractivity contribution is 0.416. The highest BCUT2D eigenvalue weighted by molar-refractivity contribution is 5.39. The van der Waals surface area contributed by atoms with Gasteiger partial charge in [0.1, 0.15) is 11.4 Å². The highest BCUT2D eigenvalue weighted by atomic mass is 19.2. The molecule has 1 saturated carbocycles. The molecule has 1 aliphatic rings. The van der Waals surface area contributed by atoms with E-state index in [0.29, 0.717) is 18.9 Å². The molecule has 0 radical (unpaired) electrons. The van der Waals surface area contributed by atoms with E-state index in [1.54, 1.807) is 0 Å². The van der Waals surface area contributed by atoms with Gasteiger partial charge in [0, 0.05) is 11.6 Å². The van der Waals surface area contributed by atoms with Crippen molar-refractivity contribution >= 4 is 6.08 Å². The quantitative estimate of drug-likeness (QED) is 0.444. The van der Waals surface area contributed by atoms with Crippen LogP contribution in [-0.2, 0) is 10.3 Å². The fourth-order valence-electron chi connectivity index (χ4n) is 2.37. The lowest BCUT2D eigenvalue weighted by atomic mass is 9.88. The first kappa shape index (κ1) is 11.9. The Morgan fingerprint density at radius 3 is 2.24 bits per heavy atom. The molecule has 1 aliphatic carbocycles. The molecule has 0 heterocycles. The third-order valence-electron chi connectivity index (χ3n) is 3.20. The van der Waals surface area contributed by atoms with Gasteiger partial charge in [-0.2, -0.15) is 4.99 Å². The molecule has 0 bridgehead atoms. The highest BCUT2D eigenvalue weighted by Gasteiger charge is 2.38. The molecule has 0 spiro atoms. The molecule has 17 heavy (non-hydrogen) atoms. The summed E-state index contributed by atoms with van der Waals surface area (Å²) < 4.78 is 39.6.